The fourth-order valence-electron chi connectivity index (χ4n) is 1.80. The number of carbonyl (C=O) groups is 1. The molecule has 22 heavy (non-hydrogen) atoms. The van der Waals surface area contributed by atoms with Crippen LogP contribution in [0.2, 0.25) is 5.02 Å². The molecule has 0 saturated carbocycles. The Morgan fingerprint density at radius 1 is 1.27 bits per heavy atom. The van der Waals surface area contributed by atoms with Gasteiger partial charge in [-0.25, -0.2) is 0 Å². The Kier molecular flexibility index (Phi) is 5.69. The Hall–Kier alpha value is -1.72. The number of hydrogen-bond acceptors (Lipinski definition) is 3. The van der Waals surface area contributed by atoms with Crippen molar-refractivity contribution in [2.45, 2.75) is 6.92 Å². The number of carbonyl (C=O) groups excluding carboxylic acids is 1. The average Bonchev–Trinajstić information content (AvgIpc) is 2.49. The summed E-state index contributed by atoms with van der Waals surface area (Å²) in [6.45, 7) is 1.88. The second-order valence-corrected chi connectivity index (χ2v) is 5.86. The molecule has 0 atom stereocenters. The maximum Gasteiger partial charge on any atom is 0.262 e. The molecule has 2 aromatic rings. The van der Waals surface area contributed by atoms with Crippen LogP contribution >= 0.6 is 27.5 Å². The fourth-order valence-corrected chi connectivity index (χ4v) is 2.30. The molecule has 1 amide bonds. The number of rotatable bonds is 5. The monoisotopic (exact) mass is 383 g/mol. The number of benzene rings is 2. The first-order valence-electron chi connectivity index (χ1n) is 6.52. The zero-order chi connectivity index (χ0) is 16.1. The van der Waals surface area contributed by atoms with Gasteiger partial charge in [-0.15, -0.1) is 0 Å². The molecule has 0 spiro atoms. The Bertz CT molecular complexity index is 691. The molecule has 0 fully saturated rings. The van der Waals surface area contributed by atoms with E-state index >= 15 is 0 Å². The van der Waals surface area contributed by atoms with Crippen LogP contribution in [0.5, 0.6) is 11.5 Å². The summed E-state index contributed by atoms with van der Waals surface area (Å²) in [5, 5.41) is 3.15. The average molecular weight is 385 g/mol. The summed E-state index contributed by atoms with van der Waals surface area (Å²) in [5.74, 6) is 0.937. The number of halogens is 2. The molecule has 1 N–H and O–H groups in total. The number of ether oxygens (including phenoxy) is 2. The van der Waals surface area contributed by atoms with Gasteiger partial charge in [0.1, 0.15) is 11.5 Å². The normalized spacial score (nSPS) is 10.2. The lowest BCUT2D eigenvalue weighted by Crippen LogP contribution is -2.20. The van der Waals surface area contributed by atoms with E-state index < -0.39 is 0 Å². The van der Waals surface area contributed by atoms with Crippen LogP contribution < -0.4 is 14.8 Å². The molecule has 2 aromatic carbocycles. The summed E-state index contributed by atoms with van der Waals surface area (Å²) in [6, 6.07) is 10.6. The van der Waals surface area contributed by atoms with E-state index in [1.54, 1.807) is 24.3 Å². The Morgan fingerprint density at radius 2 is 2.05 bits per heavy atom. The molecule has 0 heterocycles. The van der Waals surface area contributed by atoms with Gasteiger partial charge < -0.3 is 14.8 Å². The topological polar surface area (TPSA) is 47.6 Å². The van der Waals surface area contributed by atoms with Gasteiger partial charge in [-0.1, -0.05) is 27.5 Å². The van der Waals surface area contributed by atoms with Gasteiger partial charge in [-0.05, 0) is 48.9 Å². The molecule has 0 aliphatic heterocycles. The lowest BCUT2D eigenvalue weighted by atomic mass is 10.2. The number of aryl methyl sites for hydroxylation is 1. The van der Waals surface area contributed by atoms with Gasteiger partial charge in [0.05, 0.1) is 12.1 Å². The van der Waals surface area contributed by atoms with Crippen molar-refractivity contribution < 1.29 is 14.3 Å². The maximum absolute atomic E-state index is 11.9. The molecule has 0 radical (unpaired) electrons. The number of hydrogen-bond donors (Lipinski definition) is 1. The van der Waals surface area contributed by atoms with Gasteiger partial charge in [0.2, 0.25) is 0 Å². The van der Waals surface area contributed by atoms with Gasteiger partial charge in [0.15, 0.2) is 6.61 Å². The predicted octanol–water partition coefficient (Wildman–Crippen LogP) is 4.44. The summed E-state index contributed by atoms with van der Waals surface area (Å²) in [7, 11) is 1.54. The highest BCUT2D eigenvalue weighted by Gasteiger charge is 2.07. The third-order valence-corrected chi connectivity index (χ3v) is 4.12. The Balaban J connectivity index is 1.92. The van der Waals surface area contributed by atoms with E-state index in [4.69, 9.17) is 21.1 Å². The summed E-state index contributed by atoms with van der Waals surface area (Å²) in [6.07, 6.45) is 0. The van der Waals surface area contributed by atoms with Gasteiger partial charge >= 0.3 is 0 Å². The van der Waals surface area contributed by atoms with Crippen LogP contribution in [0.15, 0.2) is 40.9 Å². The van der Waals surface area contributed by atoms with E-state index in [0.717, 1.165) is 10.0 Å². The Labute approximate surface area is 142 Å². The zero-order valence-corrected chi connectivity index (χ0v) is 14.5. The van der Waals surface area contributed by atoms with Gasteiger partial charge in [-0.3, -0.25) is 4.79 Å². The molecule has 0 aliphatic carbocycles. The van der Waals surface area contributed by atoms with Crippen molar-refractivity contribution in [3.05, 3.63) is 51.5 Å². The molecule has 0 unspecified atom stereocenters. The van der Waals surface area contributed by atoms with Crippen molar-refractivity contribution in [3.63, 3.8) is 0 Å². The molecule has 116 valence electrons. The quantitative estimate of drug-likeness (QED) is 0.829. The largest absolute Gasteiger partial charge is 0.495 e. The summed E-state index contributed by atoms with van der Waals surface area (Å²) in [5.41, 5.74) is 1.63. The van der Waals surface area contributed by atoms with Crippen LogP contribution in [0.3, 0.4) is 0 Å². The minimum absolute atomic E-state index is 0.0787. The van der Waals surface area contributed by atoms with Crippen molar-refractivity contribution in [1.29, 1.82) is 0 Å². The molecular formula is C16H15BrClNO3. The highest BCUT2D eigenvalue weighted by Crippen LogP contribution is 2.27. The van der Waals surface area contributed by atoms with Crippen LogP contribution in [-0.4, -0.2) is 19.6 Å². The van der Waals surface area contributed by atoms with E-state index in [0.29, 0.717) is 22.2 Å². The number of anilines is 1. The van der Waals surface area contributed by atoms with Crippen LogP contribution in [0.4, 0.5) is 5.69 Å². The van der Waals surface area contributed by atoms with E-state index in [2.05, 4.69) is 21.2 Å². The molecule has 0 aromatic heterocycles. The van der Waals surface area contributed by atoms with Crippen LogP contribution in [0.1, 0.15) is 5.56 Å². The molecular weight excluding hydrogens is 370 g/mol. The van der Waals surface area contributed by atoms with Gasteiger partial charge in [0, 0.05) is 10.2 Å². The fraction of sp³-hybridized carbons (Fsp3) is 0.188. The van der Waals surface area contributed by atoms with Crippen molar-refractivity contribution in [2.75, 3.05) is 19.0 Å². The van der Waals surface area contributed by atoms with Crippen molar-refractivity contribution in [2.24, 2.45) is 0 Å². The second-order valence-electron chi connectivity index (χ2n) is 4.60. The van der Waals surface area contributed by atoms with Crippen molar-refractivity contribution in [1.82, 2.24) is 0 Å². The standard InChI is InChI=1S/C16H15BrClNO3/c1-10-7-12(4-5-13(10)17)22-9-16(20)19-11-3-6-15(21-2)14(18)8-11/h3-8H,9H2,1-2H3,(H,19,20). The smallest absolute Gasteiger partial charge is 0.262 e. The van der Waals surface area contributed by atoms with Gasteiger partial charge in [0.25, 0.3) is 5.91 Å². The van der Waals surface area contributed by atoms with Gasteiger partial charge in [-0.2, -0.15) is 0 Å². The first-order valence-corrected chi connectivity index (χ1v) is 7.69. The van der Waals surface area contributed by atoms with Crippen LogP contribution in [0, 0.1) is 6.92 Å². The van der Waals surface area contributed by atoms with E-state index in [-0.39, 0.29) is 12.5 Å². The summed E-state index contributed by atoms with van der Waals surface area (Å²) < 4.78 is 11.5. The third-order valence-electron chi connectivity index (χ3n) is 2.93. The second kappa shape index (κ2) is 7.51. The molecule has 4 nitrogen and oxygen atoms in total. The molecule has 0 aliphatic rings. The molecule has 2 rings (SSSR count). The van der Waals surface area contributed by atoms with Crippen molar-refractivity contribution >= 4 is 39.1 Å². The lowest BCUT2D eigenvalue weighted by molar-refractivity contribution is -0.118. The molecule has 0 saturated heterocycles. The lowest BCUT2D eigenvalue weighted by Gasteiger charge is -2.10. The van der Waals surface area contributed by atoms with E-state index in [9.17, 15) is 4.79 Å². The first kappa shape index (κ1) is 16.6. The summed E-state index contributed by atoms with van der Waals surface area (Å²) in [4.78, 5) is 11.9. The van der Waals surface area contributed by atoms with E-state index in [1.165, 1.54) is 7.11 Å². The summed E-state index contributed by atoms with van der Waals surface area (Å²) >= 11 is 9.42. The molecule has 0 bridgehead atoms. The number of nitrogens with one attached hydrogen (secondary N) is 1. The highest BCUT2D eigenvalue weighted by atomic mass is 79.9. The number of methoxy groups -OCH3 is 1. The van der Waals surface area contributed by atoms with Crippen LogP contribution in [-0.2, 0) is 4.79 Å². The highest BCUT2D eigenvalue weighted by molar-refractivity contribution is 9.10. The van der Waals surface area contributed by atoms with Crippen LogP contribution in [0.25, 0.3) is 0 Å². The first-order chi connectivity index (χ1) is 10.5. The Morgan fingerprint density at radius 3 is 2.68 bits per heavy atom. The number of amides is 1. The van der Waals surface area contributed by atoms with E-state index in [1.807, 2.05) is 19.1 Å². The zero-order valence-electron chi connectivity index (χ0n) is 12.2. The van der Waals surface area contributed by atoms with Crippen molar-refractivity contribution in [3.8, 4) is 11.5 Å². The SMILES string of the molecule is COc1ccc(NC(=O)COc2ccc(Br)c(C)c2)cc1Cl. The minimum atomic E-state index is -0.262. The molecule has 6 heteroatoms. The maximum atomic E-state index is 11.9. The minimum Gasteiger partial charge on any atom is -0.495 e. The third kappa shape index (κ3) is 4.39. The predicted molar refractivity (Wildman–Crippen MR) is 91.0 cm³/mol.